The van der Waals surface area contributed by atoms with Crippen LogP contribution < -0.4 is 0 Å². The summed E-state index contributed by atoms with van der Waals surface area (Å²) in [6.45, 7) is 1.72. The molecule has 4 heteroatoms. The van der Waals surface area contributed by atoms with Crippen molar-refractivity contribution in [1.82, 2.24) is 4.90 Å². The van der Waals surface area contributed by atoms with Crippen molar-refractivity contribution >= 4 is 17.5 Å². The Kier molecular flexibility index (Phi) is 3.88. The molecular formula is C16H20ClNO2. The summed E-state index contributed by atoms with van der Waals surface area (Å²) >= 11 is 5.89. The second-order valence-corrected chi connectivity index (χ2v) is 6.42. The van der Waals surface area contributed by atoms with Crippen molar-refractivity contribution in [2.45, 2.75) is 32.1 Å². The summed E-state index contributed by atoms with van der Waals surface area (Å²) in [6, 6.07) is 4.70. The normalized spacial score (nSPS) is 26.1. The molecule has 108 valence electrons. The maximum absolute atomic E-state index is 12.5. The van der Waals surface area contributed by atoms with Gasteiger partial charge in [-0.15, -0.1) is 0 Å². The molecule has 1 aliphatic carbocycles. The van der Waals surface area contributed by atoms with E-state index < -0.39 is 0 Å². The lowest BCUT2D eigenvalue weighted by Crippen LogP contribution is -2.44. The Labute approximate surface area is 124 Å². The molecule has 3 nitrogen and oxygen atoms in total. The van der Waals surface area contributed by atoms with Gasteiger partial charge in [0.1, 0.15) is 5.75 Å². The molecule has 0 radical (unpaired) electrons. The van der Waals surface area contributed by atoms with Gasteiger partial charge in [-0.1, -0.05) is 30.9 Å². The maximum Gasteiger partial charge on any atom is 0.253 e. The molecule has 1 heterocycles. The summed E-state index contributed by atoms with van der Waals surface area (Å²) in [5.41, 5.74) is 0.571. The Morgan fingerprint density at radius 2 is 1.95 bits per heavy atom. The van der Waals surface area contributed by atoms with Gasteiger partial charge in [-0.3, -0.25) is 4.79 Å². The number of carbonyl (C=O) groups excluding carboxylic acids is 1. The minimum Gasteiger partial charge on any atom is -0.506 e. The van der Waals surface area contributed by atoms with Gasteiger partial charge < -0.3 is 10.0 Å². The topological polar surface area (TPSA) is 40.5 Å². The molecule has 1 N–H and O–H groups in total. The maximum atomic E-state index is 12.5. The number of likely N-dealkylation sites (tertiary alicyclic amines) is 1. The number of piperidine rings is 1. The van der Waals surface area contributed by atoms with Crippen molar-refractivity contribution in [3.05, 3.63) is 28.8 Å². The van der Waals surface area contributed by atoms with Gasteiger partial charge in [0.05, 0.1) is 5.02 Å². The second kappa shape index (κ2) is 5.65. The Morgan fingerprint density at radius 3 is 2.70 bits per heavy atom. The number of aromatic hydroxyl groups is 1. The first-order valence-corrected chi connectivity index (χ1v) is 7.81. The fourth-order valence-corrected chi connectivity index (χ4v) is 3.79. The van der Waals surface area contributed by atoms with E-state index in [0.717, 1.165) is 25.4 Å². The molecule has 0 bridgehead atoms. The Balaban J connectivity index is 1.72. The van der Waals surface area contributed by atoms with Gasteiger partial charge in [-0.2, -0.15) is 0 Å². The predicted octanol–water partition coefficient (Wildman–Crippen LogP) is 3.70. The van der Waals surface area contributed by atoms with Gasteiger partial charge in [0.25, 0.3) is 5.91 Å². The van der Waals surface area contributed by atoms with Crippen molar-refractivity contribution < 1.29 is 9.90 Å². The van der Waals surface area contributed by atoms with E-state index in [-0.39, 0.29) is 16.7 Å². The van der Waals surface area contributed by atoms with E-state index in [0.29, 0.717) is 11.5 Å². The summed E-state index contributed by atoms with van der Waals surface area (Å²) in [5.74, 6) is 1.55. The molecule has 1 aromatic carbocycles. The lowest BCUT2D eigenvalue weighted by Gasteiger charge is -2.41. The Morgan fingerprint density at radius 1 is 1.20 bits per heavy atom. The van der Waals surface area contributed by atoms with Crippen LogP contribution in [0.3, 0.4) is 0 Å². The fraction of sp³-hybridized carbons (Fsp3) is 0.562. The lowest BCUT2D eigenvalue weighted by atomic mass is 9.75. The third-order valence-corrected chi connectivity index (χ3v) is 5.08. The highest BCUT2D eigenvalue weighted by molar-refractivity contribution is 6.32. The molecule has 1 amide bonds. The molecule has 0 aromatic heterocycles. The van der Waals surface area contributed by atoms with Crippen LogP contribution in [0.25, 0.3) is 0 Å². The van der Waals surface area contributed by atoms with Gasteiger partial charge in [0.2, 0.25) is 0 Å². The summed E-state index contributed by atoms with van der Waals surface area (Å²) in [6.07, 6.45) is 6.36. The number of phenolic OH excluding ortho intramolecular Hbond substituents is 1. The molecule has 2 aliphatic rings. The minimum absolute atomic E-state index is 0.0224. The van der Waals surface area contributed by atoms with E-state index in [4.69, 9.17) is 11.6 Å². The average molecular weight is 294 g/mol. The molecule has 1 saturated carbocycles. The van der Waals surface area contributed by atoms with Crippen LogP contribution >= 0.6 is 11.6 Å². The minimum atomic E-state index is 0.0224. The van der Waals surface area contributed by atoms with E-state index >= 15 is 0 Å². The molecule has 1 aliphatic heterocycles. The number of phenols is 1. The average Bonchev–Trinajstić information content (AvgIpc) is 2.49. The van der Waals surface area contributed by atoms with E-state index in [1.165, 1.54) is 31.7 Å². The van der Waals surface area contributed by atoms with Crippen molar-refractivity contribution in [1.29, 1.82) is 0 Å². The van der Waals surface area contributed by atoms with Gasteiger partial charge in [-0.05, 0) is 42.9 Å². The highest BCUT2D eigenvalue weighted by Gasteiger charge is 2.33. The standard InChI is InChI=1S/C16H20ClNO2/c17-14-9-12(5-6-15(14)19)16(20)18-8-7-11-3-1-2-4-13(11)10-18/h5-6,9,11,13,19H,1-4,7-8,10H2. The lowest BCUT2D eigenvalue weighted by molar-refractivity contribution is 0.0521. The highest BCUT2D eigenvalue weighted by Crippen LogP contribution is 2.36. The molecule has 0 spiro atoms. The van der Waals surface area contributed by atoms with Crippen molar-refractivity contribution in [2.75, 3.05) is 13.1 Å². The second-order valence-electron chi connectivity index (χ2n) is 6.01. The van der Waals surface area contributed by atoms with Gasteiger partial charge >= 0.3 is 0 Å². The number of nitrogens with zero attached hydrogens (tertiary/aromatic N) is 1. The molecule has 2 unspecified atom stereocenters. The zero-order valence-corrected chi connectivity index (χ0v) is 12.3. The number of amides is 1. The predicted molar refractivity (Wildman–Crippen MR) is 79.1 cm³/mol. The number of hydrogen-bond donors (Lipinski definition) is 1. The Hall–Kier alpha value is -1.22. The zero-order valence-electron chi connectivity index (χ0n) is 11.5. The third-order valence-electron chi connectivity index (χ3n) is 4.77. The van der Waals surface area contributed by atoms with Crippen LogP contribution in [-0.4, -0.2) is 29.0 Å². The summed E-state index contributed by atoms with van der Waals surface area (Å²) in [7, 11) is 0. The van der Waals surface area contributed by atoms with Crippen molar-refractivity contribution in [3.63, 3.8) is 0 Å². The first-order valence-electron chi connectivity index (χ1n) is 7.43. The van der Waals surface area contributed by atoms with Crippen LogP contribution in [0, 0.1) is 11.8 Å². The van der Waals surface area contributed by atoms with Crippen LogP contribution in [-0.2, 0) is 0 Å². The molecule has 1 aromatic rings. The van der Waals surface area contributed by atoms with Crippen LogP contribution in [0.5, 0.6) is 5.75 Å². The molecule has 2 atom stereocenters. The van der Waals surface area contributed by atoms with E-state index in [1.54, 1.807) is 12.1 Å². The van der Waals surface area contributed by atoms with Gasteiger partial charge in [-0.25, -0.2) is 0 Å². The van der Waals surface area contributed by atoms with Gasteiger partial charge in [0, 0.05) is 18.7 Å². The third kappa shape index (κ3) is 2.64. The van der Waals surface area contributed by atoms with E-state index in [2.05, 4.69) is 0 Å². The van der Waals surface area contributed by atoms with Gasteiger partial charge in [0.15, 0.2) is 0 Å². The zero-order chi connectivity index (χ0) is 14.1. The fourth-order valence-electron chi connectivity index (χ4n) is 3.61. The smallest absolute Gasteiger partial charge is 0.253 e. The first-order chi connectivity index (χ1) is 9.65. The van der Waals surface area contributed by atoms with E-state index in [1.807, 2.05) is 4.90 Å². The van der Waals surface area contributed by atoms with Crippen LogP contribution in [0.15, 0.2) is 18.2 Å². The van der Waals surface area contributed by atoms with Crippen LogP contribution in [0.2, 0.25) is 5.02 Å². The number of rotatable bonds is 1. The number of hydrogen-bond acceptors (Lipinski definition) is 2. The largest absolute Gasteiger partial charge is 0.506 e. The van der Waals surface area contributed by atoms with Crippen LogP contribution in [0.4, 0.5) is 0 Å². The van der Waals surface area contributed by atoms with Crippen molar-refractivity contribution in [3.8, 4) is 5.75 Å². The molecule has 20 heavy (non-hydrogen) atoms. The number of fused-ring (bicyclic) bond motifs is 1. The number of benzene rings is 1. The number of carbonyl (C=O) groups is 1. The van der Waals surface area contributed by atoms with Crippen molar-refractivity contribution in [2.24, 2.45) is 11.8 Å². The summed E-state index contributed by atoms with van der Waals surface area (Å²) < 4.78 is 0. The molecule has 3 rings (SSSR count). The summed E-state index contributed by atoms with van der Waals surface area (Å²) in [5, 5.41) is 9.67. The first kappa shape index (κ1) is 13.7. The Bertz CT molecular complexity index is 517. The SMILES string of the molecule is O=C(c1ccc(O)c(Cl)c1)N1CCC2CCCCC2C1. The quantitative estimate of drug-likeness (QED) is 0.858. The monoisotopic (exact) mass is 293 g/mol. The molecule has 1 saturated heterocycles. The van der Waals surface area contributed by atoms with E-state index in [9.17, 15) is 9.90 Å². The van der Waals surface area contributed by atoms with Crippen LogP contribution in [0.1, 0.15) is 42.5 Å². The molecule has 2 fully saturated rings. The molecular weight excluding hydrogens is 274 g/mol. The summed E-state index contributed by atoms with van der Waals surface area (Å²) in [4.78, 5) is 14.5. The number of halogens is 1. The highest BCUT2D eigenvalue weighted by atomic mass is 35.5.